The van der Waals surface area contributed by atoms with Crippen molar-refractivity contribution < 1.29 is 19.5 Å². The summed E-state index contributed by atoms with van der Waals surface area (Å²) in [5.41, 5.74) is 1.69. The molecular formula is C9H15NO4. The van der Waals surface area contributed by atoms with Gasteiger partial charge in [0.2, 0.25) is 0 Å². The first-order chi connectivity index (χ1) is 6.78. The lowest BCUT2D eigenvalue weighted by Gasteiger charge is -2.37. The first-order valence-electron chi connectivity index (χ1n) is 5.00. The van der Waals surface area contributed by atoms with E-state index in [0.29, 0.717) is 19.6 Å². The maximum Gasteiger partial charge on any atom is 0.251 e. The summed E-state index contributed by atoms with van der Waals surface area (Å²) in [6, 6.07) is 0. The Morgan fingerprint density at radius 3 is 2.71 bits per heavy atom. The monoisotopic (exact) mass is 201 g/mol. The summed E-state index contributed by atoms with van der Waals surface area (Å²) in [6.45, 7) is 1.07. The van der Waals surface area contributed by atoms with Crippen molar-refractivity contribution in [3.63, 3.8) is 0 Å². The molecule has 1 atom stereocenters. The lowest BCUT2D eigenvalue weighted by atomic mass is 9.82. The number of carbonyl (C=O) groups is 1. The smallest absolute Gasteiger partial charge is 0.251 e. The summed E-state index contributed by atoms with van der Waals surface area (Å²) < 4.78 is 11.0. The zero-order chi connectivity index (χ0) is 10.0. The highest BCUT2D eigenvalue weighted by Crippen LogP contribution is 2.40. The fraction of sp³-hybridized carbons (Fsp3) is 0.889. The summed E-state index contributed by atoms with van der Waals surface area (Å²) in [5.74, 6) is -1.53. The van der Waals surface area contributed by atoms with Crippen molar-refractivity contribution in [2.45, 2.75) is 31.5 Å². The molecule has 1 amide bonds. The van der Waals surface area contributed by atoms with Crippen LogP contribution in [-0.2, 0) is 14.3 Å². The first kappa shape index (κ1) is 9.89. The van der Waals surface area contributed by atoms with Gasteiger partial charge in [-0.3, -0.25) is 10.0 Å². The van der Waals surface area contributed by atoms with Crippen LogP contribution in [0.15, 0.2) is 0 Å². The summed E-state index contributed by atoms with van der Waals surface area (Å²) in [5, 5.41) is 8.62. The molecule has 1 saturated heterocycles. The fourth-order valence-corrected chi connectivity index (χ4v) is 2.34. The van der Waals surface area contributed by atoms with Crippen molar-refractivity contribution in [1.82, 2.24) is 5.48 Å². The van der Waals surface area contributed by atoms with Crippen LogP contribution in [0.4, 0.5) is 0 Å². The number of hydrogen-bond donors (Lipinski definition) is 2. The predicted molar refractivity (Wildman–Crippen MR) is 46.5 cm³/mol. The van der Waals surface area contributed by atoms with Gasteiger partial charge < -0.3 is 9.47 Å². The van der Waals surface area contributed by atoms with Crippen LogP contribution in [0.5, 0.6) is 0 Å². The molecule has 2 N–H and O–H groups in total. The van der Waals surface area contributed by atoms with Crippen LogP contribution in [0.2, 0.25) is 0 Å². The van der Waals surface area contributed by atoms with E-state index in [0.717, 1.165) is 19.3 Å². The van der Waals surface area contributed by atoms with Crippen molar-refractivity contribution in [3.8, 4) is 0 Å². The van der Waals surface area contributed by atoms with Crippen LogP contribution >= 0.6 is 0 Å². The maximum absolute atomic E-state index is 11.4. The molecular weight excluding hydrogens is 186 g/mol. The molecule has 0 aromatic rings. The van der Waals surface area contributed by atoms with E-state index in [1.165, 1.54) is 0 Å². The van der Waals surface area contributed by atoms with Gasteiger partial charge in [0, 0.05) is 6.42 Å². The van der Waals surface area contributed by atoms with Crippen molar-refractivity contribution in [2.75, 3.05) is 13.2 Å². The molecule has 2 fully saturated rings. The maximum atomic E-state index is 11.4. The zero-order valence-electron chi connectivity index (χ0n) is 7.99. The second kappa shape index (κ2) is 3.84. The first-order valence-corrected chi connectivity index (χ1v) is 5.00. The van der Waals surface area contributed by atoms with Crippen molar-refractivity contribution in [1.29, 1.82) is 0 Å². The topological polar surface area (TPSA) is 67.8 Å². The van der Waals surface area contributed by atoms with Crippen LogP contribution < -0.4 is 5.48 Å². The van der Waals surface area contributed by atoms with E-state index in [4.69, 9.17) is 14.7 Å². The lowest BCUT2D eigenvalue weighted by molar-refractivity contribution is -0.215. The molecule has 0 aromatic carbocycles. The zero-order valence-corrected chi connectivity index (χ0v) is 7.99. The molecule has 80 valence electrons. The van der Waals surface area contributed by atoms with Gasteiger partial charge in [0.15, 0.2) is 5.79 Å². The quantitative estimate of drug-likeness (QED) is 0.476. The number of amides is 1. The molecule has 2 rings (SSSR count). The van der Waals surface area contributed by atoms with Crippen LogP contribution in [0, 0.1) is 5.92 Å². The molecule has 2 aliphatic rings. The number of hydrogen-bond acceptors (Lipinski definition) is 4. The Morgan fingerprint density at radius 2 is 2.07 bits per heavy atom. The number of ether oxygens (including phenoxy) is 2. The number of carbonyl (C=O) groups excluding carboxylic acids is 1. The lowest BCUT2D eigenvalue weighted by Crippen LogP contribution is -2.49. The minimum Gasteiger partial charge on any atom is -0.347 e. The Hall–Kier alpha value is -0.650. The van der Waals surface area contributed by atoms with Gasteiger partial charge in [-0.2, -0.15) is 0 Å². The van der Waals surface area contributed by atoms with Gasteiger partial charge in [0.25, 0.3) is 5.91 Å². The third-order valence-corrected chi connectivity index (χ3v) is 3.00. The van der Waals surface area contributed by atoms with E-state index in [1.54, 1.807) is 5.48 Å². The summed E-state index contributed by atoms with van der Waals surface area (Å²) >= 11 is 0. The van der Waals surface area contributed by atoms with Gasteiger partial charge in [-0.25, -0.2) is 5.48 Å². The Balaban J connectivity index is 2.14. The normalized spacial score (nSPS) is 30.5. The van der Waals surface area contributed by atoms with Crippen LogP contribution in [0.1, 0.15) is 25.7 Å². The van der Waals surface area contributed by atoms with Crippen molar-refractivity contribution in [2.24, 2.45) is 5.92 Å². The van der Waals surface area contributed by atoms with Crippen LogP contribution in [-0.4, -0.2) is 30.1 Å². The molecule has 5 heteroatoms. The molecule has 1 spiro atoms. The highest BCUT2D eigenvalue weighted by atomic mass is 16.7. The predicted octanol–water partition coefficient (Wildman–Crippen LogP) is 0.425. The average molecular weight is 201 g/mol. The molecule has 1 unspecified atom stereocenters. The fourth-order valence-electron chi connectivity index (χ4n) is 2.34. The SMILES string of the molecule is O=C(NO)C1CCCCC12OCCO2. The Labute approximate surface area is 82.3 Å². The molecule has 1 aliphatic carbocycles. The second-order valence-corrected chi connectivity index (χ2v) is 3.78. The Morgan fingerprint density at radius 1 is 1.36 bits per heavy atom. The Kier molecular flexibility index (Phi) is 2.71. The van der Waals surface area contributed by atoms with Gasteiger partial charge in [-0.1, -0.05) is 6.42 Å². The standard InChI is InChI=1S/C9H15NO4/c11-8(10-12)7-3-1-2-4-9(7)13-5-6-14-9/h7,12H,1-6H2,(H,10,11). The van der Waals surface area contributed by atoms with E-state index >= 15 is 0 Å². The molecule has 0 radical (unpaired) electrons. The van der Waals surface area contributed by atoms with Crippen molar-refractivity contribution in [3.05, 3.63) is 0 Å². The van der Waals surface area contributed by atoms with Gasteiger partial charge in [-0.15, -0.1) is 0 Å². The Bertz CT molecular complexity index is 225. The van der Waals surface area contributed by atoms with E-state index in [1.807, 2.05) is 0 Å². The van der Waals surface area contributed by atoms with Crippen LogP contribution in [0.3, 0.4) is 0 Å². The highest BCUT2D eigenvalue weighted by Gasteiger charge is 2.49. The van der Waals surface area contributed by atoms with E-state index < -0.39 is 11.7 Å². The minimum atomic E-state index is -0.759. The van der Waals surface area contributed by atoms with E-state index in [-0.39, 0.29) is 5.92 Å². The van der Waals surface area contributed by atoms with Gasteiger partial charge in [-0.05, 0) is 12.8 Å². The molecule has 1 saturated carbocycles. The van der Waals surface area contributed by atoms with Crippen molar-refractivity contribution >= 4 is 5.91 Å². The number of nitrogens with one attached hydrogen (secondary N) is 1. The van der Waals surface area contributed by atoms with E-state index in [2.05, 4.69) is 0 Å². The van der Waals surface area contributed by atoms with Gasteiger partial charge >= 0.3 is 0 Å². The molecule has 14 heavy (non-hydrogen) atoms. The van der Waals surface area contributed by atoms with Crippen LogP contribution in [0.25, 0.3) is 0 Å². The second-order valence-electron chi connectivity index (χ2n) is 3.78. The largest absolute Gasteiger partial charge is 0.347 e. The minimum absolute atomic E-state index is 0.372. The molecule has 0 bridgehead atoms. The van der Waals surface area contributed by atoms with Gasteiger partial charge in [0.05, 0.1) is 19.1 Å². The summed E-state index contributed by atoms with van der Waals surface area (Å²) in [6.07, 6.45) is 3.44. The average Bonchev–Trinajstić information content (AvgIpc) is 2.67. The third-order valence-electron chi connectivity index (χ3n) is 3.00. The molecule has 0 aromatic heterocycles. The number of rotatable bonds is 1. The molecule has 1 aliphatic heterocycles. The highest BCUT2D eigenvalue weighted by molar-refractivity contribution is 5.78. The molecule has 1 heterocycles. The third kappa shape index (κ3) is 1.51. The van der Waals surface area contributed by atoms with Gasteiger partial charge in [0.1, 0.15) is 0 Å². The summed E-state index contributed by atoms with van der Waals surface area (Å²) in [4.78, 5) is 11.4. The summed E-state index contributed by atoms with van der Waals surface area (Å²) in [7, 11) is 0. The van der Waals surface area contributed by atoms with E-state index in [9.17, 15) is 4.79 Å². The molecule has 5 nitrogen and oxygen atoms in total. The number of hydroxylamine groups is 1.